The van der Waals surface area contributed by atoms with Crippen molar-refractivity contribution in [3.8, 4) is 0 Å². The van der Waals surface area contributed by atoms with E-state index in [1.165, 1.54) is 25.7 Å². The van der Waals surface area contributed by atoms with Crippen LogP contribution in [0.25, 0.3) is 0 Å². The van der Waals surface area contributed by atoms with Crippen LogP contribution in [0.5, 0.6) is 0 Å². The molecule has 0 aliphatic carbocycles. The van der Waals surface area contributed by atoms with E-state index in [4.69, 9.17) is 4.74 Å². The van der Waals surface area contributed by atoms with Gasteiger partial charge in [0.2, 0.25) is 0 Å². The van der Waals surface area contributed by atoms with Crippen LogP contribution in [-0.2, 0) is 4.74 Å². The average Bonchev–Trinajstić information content (AvgIpc) is 2.62. The van der Waals surface area contributed by atoms with E-state index in [9.17, 15) is 0 Å². The summed E-state index contributed by atoms with van der Waals surface area (Å²) in [7, 11) is 0. The van der Waals surface area contributed by atoms with E-state index in [0.29, 0.717) is 24.3 Å². The summed E-state index contributed by atoms with van der Waals surface area (Å²) in [6, 6.07) is 1.28. The van der Waals surface area contributed by atoms with Crippen molar-refractivity contribution < 1.29 is 4.74 Å². The van der Waals surface area contributed by atoms with Crippen LogP contribution in [0.4, 0.5) is 0 Å². The highest BCUT2D eigenvalue weighted by atomic mass is 16.5. The largest absolute Gasteiger partial charge is 0.373 e. The normalized spacial score (nSPS) is 38.1. The number of ether oxygens (including phenoxy) is 1. The van der Waals surface area contributed by atoms with Crippen LogP contribution in [0, 0.1) is 5.92 Å². The monoisotopic (exact) mass is 197 g/mol. The first-order chi connectivity index (χ1) is 6.65. The van der Waals surface area contributed by atoms with Gasteiger partial charge in [0.15, 0.2) is 0 Å². The SMILES string of the molecule is CC(C)CC(C)NC1CC2CCC1O2. The molecule has 2 heteroatoms. The molecular formula is C12H23NO. The molecule has 2 saturated heterocycles. The maximum absolute atomic E-state index is 5.83. The molecule has 2 aliphatic rings. The second-order valence-corrected chi connectivity index (χ2v) is 5.41. The van der Waals surface area contributed by atoms with E-state index in [2.05, 4.69) is 26.1 Å². The Labute approximate surface area is 87.4 Å². The predicted molar refractivity (Wildman–Crippen MR) is 58.4 cm³/mol. The molecule has 0 saturated carbocycles. The average molecular weight is 197 g/mol. The Hall–Kier alpha value is -0.0800. The van der Waals surface area contributed by atoms with Gasteiger partial charge < -0.3 is 10.1 Å². The Kier molecular flexibility index (Phi) is 3.13. The molecule has 82 valence electrons. The topological polar surface area (TPSA) is 21.3 Å². The van der Waals surface area contributed by atoms with Gasteiger partial charge in [0, 0.05) is 12.1 Å². The number of fused-ring (bicyclic) bond motifs is 2. The summed E-state index contributed by atoms with van der Waals surface area (Å²) in [5.74, 6) is 0.789. The molecule has 4 atom stereocenters. The summed E-state index contributed by atoms with van der Waals surface area (Å²) in [5, 5.41) is 3.72. The van der Waals surface area contributed by atoms with Gasteiger partial charge in [-0.25, -0.2) is 0 Å². The highest BCUT2D eigenvalue weighted by Crippen LogP contribution is 2.34. The van der Waals surface area contributed by atoms with Gasteiger partial charge in [-0.05, 0) is 38.5 Å². The van der Waals surface area contributed by atoms with Crippen LogP contribution in [0.15, 0.2) is 0 Å². The van der Waals surface area contributed by atoms with Crippen LogP contribution in [0.1, 0.15) is 46.5 Å². The third kappa shape index (κ3) is 2.29. The van der Waals surface area contributed by atoms with Gasteiger partial charge in [0.1, 0.15) is 0 Å². The van der Waals surface area contributed by atoms with Gasteiger partial charge in [0.05, 0.1) is 12.2 Å². The van der Waals surface area contributed by atoms with Crippen LogP contribution in [0.3, 0.4) is 0 Å². The maximum Gasteiger partial charge on any atom is 0.0733 e. The van der Waals surface area contributed by atoms with Crippen molar-refractivity contribution in [3.05, 3.63) is 0 Å². The Morgan fingerprint density at radius 2 is 2.07 bits per heavy atom. The van der Waals surface area contributed by atoms with Gasteiger partial charge >= 0.3 is 0 Å². The molecule has 2 rings (SSSR count). The second kappa shape index (κ2) is 4.19. The van der Waals surface area contributed by atoms with Crippen LogP contribution >= 0.6 is 0 Å². The van der Waals surface area contributed by atoms with E-state index in [1.807, 2.05) is 0 Å². The third-order valence-corrected chi connectivity index (χ3v) is 3.43. The van der Waals surface area contributed by atoms with Crippen molar-refractivity contribution in [1.82, 2.24) is 5.32 Å². The van der Waals surface area contributed by atoms with Crippen molar-refractivity contribution >= 4 is 0 Å². The van der Waals surface area contributed by atoms with Crippen molar-refractivity contribution in [1.29, 1.82) is 0 Å². The molecule has 0 radical (unpaired) electrons. The fourth-order valence-corrected chi connectivity index (χ4v) is 2.95. The minimum atomic E-state index is 0.523. The first-order valence-electron chi connectivity index (χ1n) is 6.06. The number of hydrogen-bond acceptors (Lipinski definition) is 2. The number of rotatable bonds is 4. The van der Waals surface area contributed by atoms with Gasteiger partial charge in [-0.2, -0.15) is 0 Å². The molecule has 2 bridgehead atoms. The van der Waals surface area contributed by atoms with E-state index >= 15 is 0 Å². The van der Waals surface area contributed by atoms with E-state index in [-0.39, 0.29) is 0 Å². The Balaban J connectivity index is 1.75. The number of hydrogen-bond donors (Lipinski definition) is 1. The molecule has 4 unspecified atom stereocenters. The third-order valence-electron chi connectivity index (χ3n) is 3.43. The summed E-state index contributed by atoms with van der Waals surface area (Å²) >= 11 is 0. The zero-order chi connectivity index (χ0) is 10.1. The van der Waals surface area contributed by atoms with Crippen LogP contribution in [-0.4, -0.2) is 24.3 Å². The van der Waals surface area contributed by atoms with E-state index in [0.717, 1.165) is 5.92 Å². The molecule has 2 fully saturated rings. The van der Waals surface area contributed by atoms with Gasteiger partial charge in [-0.1, -0.05) is 13.8 Å². The first kappa shape index (κ1) is 10.4. The molecule has 0 aromatic heterocycles. The summed E-state index contributed by atoms with van der Waals surface area (Å²) < 4.78 is 5.83. The Morgan fingerprint density at radius 3 is 2.57 bits per heavy atom. The molecule has 0 amide bonds. The molecule has 1 N–H and O–H groups in total. The highest BCUT2D eigenvalue weighted by molar-refractivity contribution is 4.94. The lowest BCUT2D eigenvalue weighted by Crippen LogP contribution is -2.43. The van der Waals surface area contributed by atoms with Crippen molar-refractivity contribution in [3.63, 3.8) is 0 Å². The molecule has 2 aliphatic heterocycles. The molecule has 0 aromatic rings. The summed E-state index contributed by atoms with van der Waals surface area (Å²) in [6.45, 7) is 6.87. The lowest BCUT2D eigenvalue weighted by Gasteiger charge is -2.25. The zero-order valence-corrected chi connectivity index (χ0v) is 9.62. The molecule has 2 heterocycles. The smallest absolute Gasteiger partial charge is 0.0733 e. The van der Waals surface area contributed by atoms with E-state index < -0.39 is 0 Å². The minimum Gasteiger partial charge on any atom is -0.373 e. The van der Waals surface area contributed by atoms with E-state index in [1.54, 1.807) is 0 Å². The number of nitrogens with one attached hydrogen (secondary N) is 1. The quantitative estimate of drug-likeness (QED) is 0.747. The fourth-order valence-electron chi connectivity index (χ4n) is 2.95. The van der Waals surface area contributed by atoms with Crippen molar-refractivity contribution in [2.75, 3.05) is 0 Å². The minimum absolute atomic E-state index is 0.523. The Morgan fingerprint density at radius 1 is 1.29 bits per heavy atom. The molecule has 0 aromatic carbocycles. The van der Waals surface area contributed by atoms with Crippen molar-refractivity contribution in [2.24, 2.45) is 5.92 Å². The van der Waals surface area contributed by atoms with Crippen molar-refractivity contribution in [2.45, 2.75) is 70.7 Å². The lowest BCUT2D eigenvalue weighted by atomic mass is 9.94. The second-order valence-electron chi connectivity index (χ2n) is 5.41. The summed E-state index contributed by atoms with van der Waals surface area (Å²) in [5.41, 5.74) is 0. The maximum atomic E-state index is 5.83. The van der Waals surface area contributed by atoms with Crippen LogP contribution < -0.4 is 5.32 Å². The first-order valence-corrected chi connectivity index (χ1v) is 6.06. The van der Waals surface area contributed by atoms with Crippen LogP contribution in [0.2, 0.25) is 0 Å². The zero-order valence-electron chi connectivity index (χ0n) is 9.62. The summed E-state index contributed by atoms with van der Waals surface area (Å²) in [6.07, 6.45) is 6.18. The molecule has 2 nitrogen and oxygen atoms in total. The van der Waals surface area contributed by atoms with Gasteiger partial charge in [-0.15, -0.1) is 0 Å². The standard InChI is InChI=1S/C12H23NO/c1-8(2)6-9(3)13-11-7-10-4-5-12(11)14-10/h8-13H,4-7H2,1-3H3. The Bertz CT molecular complexity index is 193. The highest BCUT2D eigenvalue weighted by Gasteiger charge is 2.40. The summed E-state index contributed by atoms with van der Waals surface area (Å²) in [4.78, 5) is 0. The molecule has 14 heavy (non-hydrogen) atoms. The predicted octanol–water partition coefficient (Wildman–Crippen LogP) is 2.33. The van der Waals surface area contributed by atoms with Gasteiger partial charge in [0.25, 0.3) is 0 Å². The fraction of sp³-hybridized carbons (Fsp3) is 1.00. The molecular weight excluding hydrogens is 174 g/mol. The van der Waals surface area contributed by atoms with Gasteiger partial charge in [-0.3, -0.25) is 0 Å². The lowest BCUT2D eigenvalue weighted by molar-refractivity contribution is 0.0958. The molecule has 0 spiro atoms.